The van der Waals surface area contributed by atoms with Crippen LogP contribution in [0, 0.1) is 0 Å². The van der Waals surface area contributed by atoms with E-state index in [1.54, 1.807) is 0 Å². The summed E-state index contributed by atoms with van der Waals surface area (Å²) in [6.07, 6.45) is 4.96. The number of aromatic nitrogens is 3. The molecule has 0 saturated carbocycles. The predicted molar refractivity (Wildman–Crippen MR) is 81.5 cm³/mol. The Morgan fingerprint density at radius 2 is 2.27 bits per heavy atom. The van der Waals surface area contributed by atoms with Crippen LogP contribution in [0.25, 0.3) is 0 Å². The molecule has 0 bridgehead atoms. The lowest BCUT2D eigenvalue weighted by molar-refractivity contribution is 0.178. The predicted octanol–water partition coefficient (Wildman–Crippen LogP) is 3.12. The first-order valence-electron chi connectivity index (χ1n) is 8.15. The molecule has 1 saturated heterocycles. The van der Waals surface area contributed by atoms with E-state index in [0.717, 1.165) is 62.3 Å². The third-order valence-corrected chi connectivity index (χ3v) is 4.13. The summed E-state index contributed by atoms with van der Waals surface area (Å²) in [5, 5.41) is 4.17. The number of nitrogens with zero attached hydrogens (tertiary/aromatic N) is 4. The zero-order valence-corrected chi connectivity index (χ0v) is 13.6. The van der Waals surface area contributed by atoms with Gasteiger partial charge in [0.1, 0.15) is 5.76 Å². The lowest BCUT2D eigenvalue weighted by Gasteiger charge is -2.30. The van der Waals surface area contributed by atoms with Crippen LogP contribution in [0.2, 0.25) is 0 Å². The summed E-state index contributed by atoms with van der Waals surface area (Å²) in [6, 6.07) is 0. The maximum Gasteiger partial charge on any atom is 0.229 e. The highest BCUT2D eigenvalue weighted by atomic mass is 16.5. The number of likely N-dealkylation sites (tertiary alicyclic amines) is 1. The number of oxazole rings is 1. The Hall–Kier alpha value is -1.69. The minimum atomic E-state index is 0.278. The Balaban J connectivity index is 1.63. The lowest BCUT2D eigenvalue weighted by atomic mass is 9.97. The Morgan fingerprint density at radius 3 is 2.95 bits per heavy atom. The molecular weight excluding hydrogens is 280 g/mol. The fourth-order valence-corrected chi connectivity index (χ4v) is 2.83. The van der Waals surface area contributed by atoms with Crippen LogP contribution in [-0.2, 0) is 13.0 Å². The first-order chi connectivity index (χ1) is 10.7. The zero-order chi connectivity index (χ0) is 15.5. The van der Waals surface area contributed by atoms with Crippen molar-refractivity contribution in [3.8, 4) is 0 Å². The molecule has 0 amide bonds. The largest absolute Gasteiger partial charge is 0.444 e. The van der Waals surface area contributed by atoms with Crippen molar-refractivity contribution in [2.45, 2.75) is 58.4 Å². The van der Waals surface area contributed by atoms with Gasteiger partial charge in [-0.1, -0.05) is 25.9 Å². The lowest BCUT2D eigenvalue weighted by Crippen LogP contribution is -2.34. The van der Waals surface area contributed by atoms with Gasteiger partial charge in [0.05, 0.1) is 12.7 Å². The van der Waals surface area contributed by atoms with Crippen LogP contribution in [0.1, 0.15) is 68.8 Å². The van der Waals surface area contributed by atoms with Crippen LogP contribution in [0.3, 0.4) is 0 Å². The van der Waals surface area contributed by atoms with Crippen LogP contribution in [0.15, 0.2) is 15.1 Å². The van der Waals surface area contributed by atoms with Gasteiger partial charge in [-0.25, -0.2) is 4.98 Å². The minimum Gasteiger partial charge on any atom is -0.444 e. The molecule has 0 N–H and O–H groups in total. The molecule has 6 heteroatoms. The van der Waals surface area contributed by atoms with Gasteiger partial charge in [0.15, 0.2) is 5.82 Å². The van der Waals surface area contributed by atoms with Crippen LogP contribution < -0.4 is 0 Å². The van der Waals surface area contributed by atoms with E-state index < -0.39 is 0 Å². The van der Waals surface area contributed by atoms with Crippen LogP contribution in [0.4, 0.5) is 0 Å². The minimum absolute atomic E-state index is 0.278. The van der Waals surface area contributed by atoms with E-state index in [2.05, 4.69) is 40.8 Å². The van der Waals surface area contributed by atoms with Crippen molar-refractivity contribution in [1.29, 1.82) is 0 Å². The highest BCUT2D eigenvalue weighted by Gasteiger charge is 2.26. The molecule has 1 atom stereocenters. The van der Waals surface area contributed by atoms with Gasteiger partial charge in [0.2, 0.25) is 11.8 Å². The number of aryl methyl sites for hydroxylation is 1. The van der Waals surface area contributed by atoms with Gasteiger partial charge in [-0.2, -0.15) is 4.98 Å². The van der Waals surface area contributed by atoms with E-state index in [1.165, 1.54) is 0 Å². The topological polar surface area (TPSA) is 68.2 Å². The van der Waals surface area contributed by atoms with Gasteiger partial charge in [-0.3, -0.25) is 4.90 Å². The number of rotatable bonds is 5. The average molecular weight is 304 g/mol. The molecule has 0 unspecified atom stereocenters. The quantitative estimate of drug-likeness (QED) is 0.845. The molecule has 1 fully saturated rings. The second-order valence-electron chi connectivity index (χ2n) is 6.29. The molecular formula is C16H24N4O2. The molecule has 3 rings (SSSR count). The van der Waals surface area contributed by atoms with Crippen molar-refractivity contribution in [3.05, 3.63) is 29.6 Å². The van der Waals surface area contributed by atoms with Crippen molar-refractivity contribution >= 4 is 0 Å². The SMILES string of the molecule is CCc1cnc(CN2CCC[C@@H](c3noc(C(C)C)n3)C2)o1. The zero-order valence-electron chi connectivity index (χ0n) is 13.6. The van der Waals surface area contributed by atoms with E-state index in [-0.39, 0.29) is 5.92 Å². The summed E-state index contributed by atoms with van der Waals surface area (Å²) < 4.78 is 11.0. The van der Waals surface area contributed by atoms with Crippen molar-refractivity contribution in [1.82, 2.24) is 20.0 Å². The molecule has 22 heavy (non-hydrogen) atoms. The Morgan fingerprint density at radius 1 is 1.41 bits per heavy atom. The summed E-state index contributed by atoms with van der Waals surface area (Å²) in [5.41, 5.74) is 0. The van der Waals surface area contributed by atoms with Gasteiger partial charge in [0, 0.05) is 24.8 Å². The Labute approximate surface area is 130 Å². The Kier molecular flexibility index (Phi) is 4.57. The summed E-state index contributed by atoms with van der Waals surface area (Å²) in [5.74, 6) is 3.94. The van der Waals surface area contributed by atoms with E-state index >= 15 is 0 Å². The van der Waals surface area contributed by atoms with Gasteiger partial charge in [-0.15, -0.1) is 0 Å². The summed E-state index contributed by atoms with van der Waals surface area (Å²) in [4.78, 5) is 11.3. The van der Waals surface area contributed by atoms with Crippen molar-refractivity contribution in [3.63, 3.8) is 0 Å². The fraction of sp³-hybridized carbons (Fsp3) is 0.688. The van der Waals surface area contributed by atoms with Gasteiger partial charge in [0.25, 0.3) is 0 Å². The van der Waals surface area contributed by atoms with Gasteiger partial charge < -0.3 is 8.94 Å². The molecule has 0 radical (unpaired) electrons. The maximum atomic E-state index is 5.71. The van der Waals surface area contributed by atoms with E-state index in [1.807, 2.05) is 6.20 Å². The average Bonchev–Trinajstić information content (AvgIpc) is 3.16. The van der Waals surface area contributed by atoms with Gasteiger partial charge >= 0.3 is 0 Å². The number of hydrogen-bond donors (Lipinski definition) is 0. The number of hydrogen-bond acceptors (Lipinski definition) is 6. The monoisotopic (exact) mass is 304 g/mol. The van der Waals surface area contributed by atoms with Gasteiger partial charge in [-0.05, 0) is 19.4 Å². The molecule has 0 aliphatic carbocycles. The van der Waals surface area contributed by atoms with Crippen LogP contribution in [-0.4, -0.2) is 33.1 Å². The van der Waals surface area contributed by atoms with E-state index in [0.29, 0.717) is 5.92 Å². The van der Waals surface area contributed by atoms with Crippen molar-refractivity contribution < 1.29 is 8.94 Å². The smallest absolute Gasteiger partial charge is 0.229 e. The van der Waals surface area contributed by atoms with Crippen LogP contribution in [0.5, 0.6) is 0 Å². The maximum absolute atomic E-state index is 5.71. The molecule has 6 nitrogen and oxygen atoms in total. The fourth-order valence-electron chi connectivity index (χ4n) is 2.83. The second kappa shape index (κ2) is 6.60. The standard InChI is InChI=1S/C16H24N4O2/c1-4-13-8-17-14(21-13)10-20-7-5-6-12(9-20)15-18-16(11(2)3)22-19-15/h8,11-12H,4-7,9-10H2,1-3H3/t12-/m1/s1. The molecule has 0 spiro atoms. The van der Waals surface area contributed by atoms with Crippen molar-refractivity contribution in [2.24, 2.45) is 0 Å². The van der Waals surface area contributed by atoms with Crippen molar-refractivity contribution in [2.75, 3.05) is 13.1 Å². The molecule has 1 aliphatic heterocycles. The Bertz CT molecular complexity index is 605. The molecule has 1 aliphatic rings. The number of piperidine rings is 1. The van der Waals surface area contributed by atoms with E-state index in [4.69, 9.17) is 8.94 Å². The highest BCUT2D eigenvalue weighted by Crippen LogP contribution is 2.27. The van der Waals surface area contributed by atoms with Crippen LogP contribution >= 0.6 is 0 Å². The first-order valence-corrected chi connectivity index (χ1v) is 8.15. The third-order valence-electron chi connectivity index (χ3n) is 4.13. The summed E-state index contributed by atoms with van der Waals surface area (Å²) >= 11 is 0. The molecule has 2 aromatic heterocycles. The summed E-state index contributed by atoms with van der Waals surface area (Å²) in [7, 11) is 0. The molecule has 2 aromatic rings. The van der Waals surface area contributed by atoms with E-state index in [9.17, 15) is 0 Å². The molecule has 3 heterocycles. The molecule has 120 valence electrons. The molecule has 0 aromatic carbocycles. The third kappa shape index (κ3) is 3.38. The highest BCUT2D eigenvalue weighted by molar-refractivity contribution is 5.01. The normalized spacial score (nSPS) is 19.9. The first kappa shape index (κ1) is 15.2. The second-order valence-corrected chi connectivity index (χ2v) is 6.29. The summed E-state index contributed by atoms with van der Waals surface area (Å²) in [6.45, 7) is 8.96.